The molecule has 0 radical (unpaired) electrons. The SMILES string of the molecule is Cl.N[C@@H]1CN(C(=O)CCC2CC2)C[C@H]1c1ccccc1. The lowest BCUT2D eigenvalue weighted by atomic mass is 9.95. The second kappa shape index (κ2) is 6.59. The highest BCUT2D eigenvalue weighted by Gasteiger charge is 2.34. The molecule has 1 aliphatic heterocycles. The number of likely N-dealkylation sites (tertiary alicyclic amines) is 1. The van der Waals surface area contributed by atoms with Crippen molar-refractivity contribution in [1.29, 1.82) is 0 Å². The van der Waals surface area contributed by atoms with Crippen molar-refractivity contribution in [3.05, 3.63) is 35.9 Å². The van der Waals surface area contributed by atoms with Gasteiger partial charge in [-0.05, 0) is 17.9 Å². The summed E-state index contributed by atoms with van der Waals surface area (Å²) in [5, 5.41) is 0. The van der Waals surface area contributed by atoms with Gasteiger partial charge in [0.15, 0.2) is 0 Å². The topological polar surface area (TPSA) is 46.3 Å². The van der Waals surface area contributed by atoms with Gasteiger partial charge in [0, 0.05) is 31.5 Å². The number of hydrogen-bond acceptors (Lipinski definition) is 2. The van der Waals surface area contributed by atoms with E-state index in [0.717, 1.165) is 18.9 Å². The normalized spacial score (nSPS) is 25.4. The highest BCUT2D eigenvalue weighted by atomic mass is 35.5. The molecule has 1 aliphatic carbocycles. The molecule has 3 rings (SSSR count). The van der Waals surface area contributed by atoms with E-state index in [1.807, 2.05) is 23.1 Å². The molecule has 2 fully saturated rings. The molecule has 1 aromatic carbocycles. The van der Waals surface area contributed by atoms with E-state index in [-0.39, 0.29) is 18.4 Å². The Bertz CT molecular complexity index is 447. The number of amides is 1. The molecule has 1 saturated heterocycles. The summed E-state index contributed by atoms with van der Waals surface area (Å²) in [6.45, 7) is 1.50. The highest BCUT2D eigenvalue weighted by molar-refractivity contribution is 5.85. The molecule has 0 spiro atoms. The standard InChI is InChI=1S/C16H22N2O.ClH/c17-15-11-18(16(19)9-8-12-6-7-12)10-14(15)13-4-2-1-3-5-13;/h1-5,12,14-15H,6-11,17H2;1H/t14-,15+;/m0./s1. The van der Waals surface area contributed by atoms with Gasteiger partial charge in [-0.2, -0.15) is 0 Å². The molecule has 4 heteroatoms. The number of carbonyl (C=O) groups is 1. The summed E-state index contributed by atoms with van der Waals surface area (Å²) in [5.74, 6) is 1.41. The van der Waals surface area contributed by atoms with Crippen molar-refractivity contribution in [2.24, 2.45) is 11.7 Å². The van der Waals surface area contributed by atoms with Crippen molar-refractivity contribution in [1.82, 2.24) is 4.90 Å². The molecule has 1 aromatic rings. The Morgan fingerprint density at radius 2 is 1.90 bits per heavy atom. The second-order valence-electron chi connectivity index (χ2n) is 5.96. The first-order valence-corrected chi connectivity index (χ1v) is 7.32. The van der Waals surface area contributed by atoms with Gasteiger partial charge in [0.05, 0.1) is 0 Å². The van der Waals surface area contributed by atoms with E-state index in [0.29, 0.717) is 24.8 Å². The summed E-state index contributed by atoms with van der Waals surface area (Å²) in [7, 11) is 0. The lowest BCUT2D eigenvalue weighted by Gasteiger charge is -2.16. The Hall–Kier alpha value is -1.06. The third kappa shape index (κ3) is 3.53. The molecule has 1 saturated carbocycles. The summed E-state index contributed by atoms with van der Waals surface area (Å²) in [6, 6.07) is 10.4. The van der Waals surface area contributed by atoms with Crippen LogP contribution in [0.3, 0.4) is 0 Å². The minimum Gasteiger partial charge on any atom is -0.340 e. The van der Waals surface area contributed by atoms with Crippen LogP contribution in [0.5, 0.6) is 0 Å². The van der Waals surface area contributed by atoms with Gasteiger partial charge in [-0.15, -0.1) is 12.4 Å². The fourth-order valence-electron chi connectivity index (χ4n) is 2.98. The zero-order valence-corrected chi connectivity index (χ0v) is 12.5. The number of rotatable bonds is 4. The minimum absolute atomic E-state index is 0. The minimum atomic E-state index is 0. The number of nitrogens with two attached hydrogens (primary N) is 1. The molecule has 3 nitrogen and oxygen atoms in total. The maximum atomic E-state index is 12.2. The van der Waals surface area contributed by atoms with Crippen LogP contribution in [0.15, 0.2) is 30.3 Å². The van der Waals surface area contributed by atoms with Crippen LogP contribution in [0, 0.1) is 5.92 Å². The number of halogens is 1. The van der Waals surface area contributed by atoms with Crippen LogP contribution in [-0.4, -0.2) is 29.9 Å². The van der Waals surface area contributed by atoms with Crippen molar-refractivity contribution >= 4 is 18.3 Å². The molecule has 0 bridgehead atoms. The molecular weight excluding hydrogens is 272 g/mol. The fourth-order valence-corrected chi connectivity index (χ4v) is 2.98. The summed E-state index contributed by atoms with van der Waals surface area (Å²) in [5.41, 5.74) is 7.47. The summed E-state index contributed by atoms with van der Waals surface area (Å²) < 4.78 is 0. The van der Waals surface area contributed by atoms with Crippen molar-refractivity contribution in [2.75, 3.05) is 13.1 Å². The highest BCUT2D eigenvalue weighted by Crippen LogP contribution is 2.34. The Balaban J connectivity index is 0.00000147. The monoisotopic (exact) mass is 294 g/mol. The predicted molar refractivity (Wildman–Crippen MR) is 82.9 cm³/mol. The van der Waals surface area contributed by atoms with Gasteiger partial charge < -0.3 is 10.6 Å². The smallest absolute Gasteiger partial charge is 0.222 e. The maximum Gasteiger partial charge on any atom is 0.222 e. The second-order valence-corrected chi connectivity index (χ2v) is 5.96. The molecule has 1 heterocycles. The first kappa shape index (κ1) is 15.3. The molecule has 2 atom stereocenters. The van der Waals surface area contributed by atoms with E-state index in [9.17, 15) is 4.79 Å². The lowest BCUT2D eigenvalue weighted by Crippen LogP contribution is -2.32. The van der Waals surface area contributed by atoms with Crippen LogP contribution >= 0.6 is 12.4 Å². The summed E-state index contributed by atoms with van der Waals surface area (Å²) >= 11 is 0. The Morgan fingerprint density at radius 3 is 2.55 bits per heavy atom. The molecule has 2 N–H and O–H groups in total. The van der Waals surface area contributed by atoms with Crippen molar-refractivity contribution < 1.29 is 4.79 Å². The zero-order valence-electron chi connectivity index (χ0n) is 11.7. The van der Waals surface area contributed by atoms with Crippen LogP contribution < -0.4 is 5.73 Å². The number of hydrogen-bond donors (Lipinski definition) is 1. The van der Waals surface area contributed by atoms with Crippen LogP contribution in [0.25, 0.3) is 0 Å². The van der Waals surface area contributed by atoms with E-state index in [2.05, 4.69) is 12.1 Å². The summed E-state index contributed by atoms with van der Waals surface area (Å²) in [4.78, 5) is 14.1. The number of nitrogens with zero attached hydrogens (tertiary/aromatic N) is 1. The van der Waals surface area contributed by atoms with E-state index < -0.39 is 0 Å². The summed E-state index contributed by atoms with van der Waals surface area (Å²) in [6.07, 6.45) is 4.42. The lowest BCUT2D eigenvalue weighted by molar-refractivity contribution is -0.130. The number of benzene rings is 1. The first-order chi connectivity index (χ1) is 9.24. The van der Waals surface area contributed by atoms with Gasteiger partial charge in [-0.3, -0.25) is 4.79 Å². The van der Waals surface area contributed by atoms with Gasteiger partial charge in [0.25, 0.3) is 0 Å². The average Bonchev–Trinajstić information content (AvgIpc) is 3.18. The Kier molecular flexibility index (Phi) is 5.06. The first-order valence-electron chi connectivity index (χ1n) is 7.32. The van der Waals surface area contributed by atoms with Crippen LogP contribution in [0.1, 0.15) is 37.2 Å². The van der Waals surface area contributed by atoms with E-state index >= 15 is 0 Å². The molecular formula is C16H23ClN2O. The number of carbonyl (C=O) groups excluding carboxylic acids is 1. The van der Waals surface area contributed by atoms with Gasteiger partial charge >= 0.3 is 0 Å². The fraction of sp³-hybridized carbons (Fsp3) is 0.562. The van der Waals surface area contributed by atoms with E-state index in [4.69, 9.17) is 5.73 Å². The van der Waals surface area contributed by atoms with E-state index in [1.54, 1.807) is 0 Å². The van der Waals surface area contributed by atoms with Gasteiger partial charge in [0.2, 0.25) is 5.91 Å². The average molecular weight is 295 g/mol. The van der Waals surface area contributed by atoms with Gasteiger partial charge in [-0.1, -0.05) is 43.2 Å². The molecule has 110 valence electrons. The van der Waals surface area contributed by atoms with Gasteiger partial charge in [0.1, 0.15) is 0 Å². The Labute approximate surface area is 126 Å². The third-order valence-corrected chi connectivity index (χ3v) is 4.41. The van der Waals surface area contributed by atoms with Crippen LogP contribution in [-0.2, 0) is 4.79 Å². The molecule has 20 heavy (non-hydrogen) atoms. The van der Waals surface area contributed by atoms with Crippen molar-refractivity contribution in [3.63, 3.8) is 0 Å². The molecule has 2 aliphatic rings. The van der Waals surface area contributed by atoms with Crippen molar-refractivity contribution in [3.8, 4) is 0 Å². The van der Waals surface area contributed by atoms with E-state index in [1.165, 1.54) is 18.4 Å². The molecule has 1 amide bonds. The van der Waals surface area contributed by atoms with Crippen LogP contribution in [0.2, 0.25) is 0 Å². The predicted octanol–water partition coefficient (Wildman–Crippen LogP) is 2.55. The third-order valence-electron chi connectivity index (χ3n) is 4.41. The Morgan fingerprint density at radius 1 is 1.20 bits per heavy atom. The molecule has 0 unspecified atom stereocenters. The van der Waals surface area contributed by atoms with Crippen LogP contribution in [0.4, 0.5) is 0 Å². The quantitative estimate of drug-likeness (QED) is 0.927. The van der Waals surface area contributed by atoms with Gasteiger partial charge in [-0.25, -0.2) is 0 Å². The largest absolute Gasteiger partial charge is 0.340 e. The zero-order chi connectivity index (χ0) is 13.2. The molecule has 0 aromatic heterocycles. The van der Waals surface area contributed by atoms with Crippen molar-refractivity contribution in [2.45, 2.75) is 37.6 Å². The maximum absolute atomic E-state index is 12.2.